The Kier molecular flexibility index (Phi) is 3.99. The summed E-state index contributed by atoms with van der Waals surface area (Å²) < 4.78 is 12.4. The quantitative estimate of drug-likeness (QED) is 0.920. The number of hydrogen-bond acceptors (Lipinski definition) is 3. The fourth-order valence-electron chi connectivity index (χ4n) is 3.66. The van der Waals surface area contributed by atoms with Crippen molar-refractivity contribution in [1.82, 2.24) is 0 Å². The van der Waals surface area contributed by atoms with Crippen LogP contribution in [-0.2, 0) is 11.3 Å². The van der Waals surface area contributed by atoms with Crippen molar-refractivity contribution in [2.45, 2.75) is 63.7 Å². The van der Waals surface area contributed by atoms with Crippen molar-refractivity contribution in [2.75, 3.05) is 6.61 Å². The normalized spacial score (nSPS) is 25.0. The van der Waals surface area contributed by atoms with E-state index >= 15 is 0 Å². The summed E-state index contributed by atoms with van der Waals surface area (Å²) in [6, 6.07) is 6.21. The van der Waals surface area contributed by atoms with Gasteiger partial charge in [-0.15, -0.1) is 0 Å². The van der Waals surface area contributed by atoms with Gasteiger partial charge in [0.15, 0.2) is 0 Å². The third-order valence-electron chi connectivity index (χ3n) is 4.76. The van der Waals surface area contributed by atoms with Crippen molar-refractivity contribution < 1.29 is 9.47 Å². The minimum absolute atomic E-state index is 0.106. The van der Waals surface area contributed by atoms with E-state index < -0.39 is 0 Å². The number of rotatable bonds is 3. The lowest BCUT2D eigenvalue weighted by Gasteiger charge is -2.38. The Morgan fingerprint density at radius 2 is 2.15 bits per heavy atom. The molecule has 1 aromatic rings. The number of nitrogens with two attached hydrogens (primary N) is 1. The third-order valence-corrected chi connectivity index (χ3v) is 4.76. The first-order chi connectivity index (χ1) is 9.72. The first kappa shape index (κ1) is 13.9. The largest absolute Gasteiger partial charge is 0.490 e. The number of aryl methyl sites for hydroxylation is 1. The maximum absolute atomic E-state index is 6.33. The van der Waals surface area contributed by atoms with E-state index in [1.165, 1.54) is 31.2 Å². The molecule has 2 aliphatic rings. The molecule has 3 heteroatoms. The van der Waals surface area contributed by atoms with Crippen molar-refractivity contribution >= 4 is 0 Å². The van der Waals surface area contributed by atoms with E-state index in [0.717, 1.165) is 30.8 Å². The lowest BCUT2D eigenvalue weighted by molar-refractivity contribution is -0.108. The molecule has 1 aliphatic heterocycles. The molecule has 20 heavy (non-hydrogen) atoms. The smallest absolute Gasteiger partial charge is 0.127 e. The topological polar surface area (TPSA) is 44.5 Å². The zero-order valence-corrected chi connectivity index (χ0v) is 12.4. The Bertz CT molecular complexity index is 466. The molecular weight excluding hydrogens is 250 g/mol. The zero-order valence-electron chi connectivity index (χ0n) is 12.4. The Labute approximate surface area is 121 Å². The second-order valence-corrected chi connectivity index (χ2v) is 6.24. The molecule has 0 amide bonds. The summed E-state index contributed by atoms with van der Waals surface area (Å²) in [5.74, 6) is 0.995. The maximum atomic E-state index is 6.33. The van der Waals surface area contributed by atoms with Crippen molar-refractivity contribution in [3.8, 4) is 5.75 Å². The van der Waals surface area contributed by atoms with Crippen LogP contribution >= 0.6 is 0 Å². The van der Waals surface area contributed by atoms with Crippen molar-refractivity contribution in [3.05, 3.63) is 29.3 Å². The molecule has 0 aromatic heterocycles. The van der Waals surface area contributed by atoms with Crippen molar-refractivity contribution in [2.24, 2.45) is 5.73 Å². The second kappa shape index (κ2) is 5.74. The molecule has 1 saturated carbocycles. The predicted molar refractivity (Wildman–Crippen MR) is 79.9 cm³/mol. The van der Waals surface area contributed by atoms with Crippen LogP contribution in [0.25, 0.3) is 0 Å². The molecule has 1 atom stereocenters. The fourth-order valence-corrected chi connectivity index (χ4v) is 3.66. The van der Waals surface area contributed by atoms with Gasteiger partial charge >= 0.3 is 0 Å². The van der Waals surface area contributed by atoms with E-state index in [0.29, 0.717) is 6.54 Å². The molecule has 1 spiro atoms. The molecule has 1 aromatic carbocycles. The van der Waals surface area contributed by atoms with Gasteiger partial charge in [-0.25, -0.2) is 0 Å². The van der Waals surface area contributed by atoms with Gasteiger partial charge in [-0.1, -0.05) is 31.0 Å². The molecular formula is C17H25NO2. The molecule has 1 aliphatic carbocycles. The van der Waals surface area contributed by atoms with Crippen LogP contribution in [-0.4, -0.2) is 18.3 Å². The number of para-hydroxylation sites is 1. The van der Waals surface area contributed by atoms with Gasteiger partial charge in [-0.05, 0) is 25.3 Å². The van der Waals surface area contributed by atoms with Gasteiger partial charge in [0.2, 0.25) is 0 Å². The lowest BCUT2D eigenvalue weighted by atomic mass is 9.90. The van der Waals surface area contributed by atoms with Crippen LogP contribution in [0.2, 0.25) is 0 Å². The highest BCUT2D eigenvalue weighted by Crippen LogP contribution is 2.41. The van der Waals surface area contributed by atoms with Crippen molar-refractivity contribution in [3.63, 3.8) is 0 Å². The summed E-state index contributed by atoms with van der Waals surface area (Å²) in [4.78, 5) is 0. The Hall–Kier alpha value is -1.06. The molecule has 0 radical (unpaired) electrons. The zero-order chi connectivity index (χ0) is 14.0. The van der Waals surface area contributed by atoms with Crippen LogP contribution in [0, 0.1) is 6.92 Å². The van der Waals surface area contributed by atoms with E-state index in [2.05, 4.69) is 19.1 Å². The molecule has 3 rings (SSSR count). The highest BCUT2D eigenvalue weighted by molar-refractivity contribution is 5.40. The highest BCUT2D eigenvalue weighted by Gasteiger charge is 2.40. The van der Waals surface area contributed by atoms with E-state index in [9.17, 15) is 0 Å². The molecule has 3 nitrogen and oxygen atoms in total. The lowest BCUT2D eigenvalue weighted by Crippen LogP contribution is -2.41. The van der Waals surface area contributed by atoms with Gasteiger partial charge in [0.1, 0.15) is 11.9 Å². The first-order valence-corrected chi connectivity index (χ1v) is 7.82. The highest BCUT2D eigenvalue weighted by atomic mass is 16.5. The fraction of sp³-hybridized carbons (Fsp3) is 0.647. The summed E-state index contributed by atoms with van der Waals surface area (Å²) in [6.45, 7) is 3.46. The van der Waals surface area contributed by atoms with Gasteiger partial charge in [0.25, 0.3) is 0 Å². The molecule has 110 valence electrons. The summed E-state index contributed by atoms with van der Waals surface area (Å²) in [7, 11) is 0. The molecule has 1 heterocycles. The van der Waals surface area contributed by atoms with Crippen LogP contribution < -0.4 is 10.5 Å². The second-order valence-electron chi connectivity index (χ2n) is 6.24. The number of benzene rings is 1. The minimum Gasteiger partial charge on any atom is -0.490 e. The van der Waals surface area contributed by atoms with E-state index in [1.807, 2.05) is 6.07 Å². The predicted octanol–water partition coefficient (Wildman–Crippen LogP) is 3.32. The molecule has 1 unspecified atom stereocenters. The van der Waals surface area contributed by atoms with E-state index in [1.54, 1.807) is 0 Å². The van der Waals surface area contributed by atoms with Gasteiger partial charge in [0, 0.05) is 24.9 Å². The Balaban J connectivity index is 1.74. The number of hydrogen-bond donors (Lipinski definition) is 1. The van der Waals surface area contributed by atoms with Crippen LogP contribution in [0.5, 0.6) is 5.75 Å². The summed E-state index contributed by atoms with van der Waals surface area (Å²) in [5, 5.41) is 0. The Morgan fingerprint density at radius 3 is 2.90 bits per heavy atom. The molecule has 1 saturated heterocycles. The van der Waals surface area contributed by atoms with Crippen LogP contribution in [0.4, 0.5) is 0 Å². The average Bonchev–Trinajstić information content (AvgIpc) is 2.89. The maximum Gasteiger partial charge on any atom is 0.127 e. The molecule has 2 N–H and O–H groups in total. The van der Waals surface area contributed by atoms with Gasteiger partial charge in [0.05, 0.1) is 12.2 Å². The van der Waals surface area contributed by atoms with Gasteiger partial charge in [-0.2, -0.15) is 0 Å². The van der Waals surface area contributed by atoms with Gasteiger partial charge in [-0.3, -0.25) is 0 Å². The monoisotopic (exact) mass is 275 g/mol. The SMILES string of the molecule is Cc1cccc(CN)c1OC1CCOC2(CCCC2)C1. The van der Waals surface area contributed by atoms with Gasteiger partial charge < -0.3 is 15.2 Å². The third kappa shape index (κ3) is 2.70. The number of ether oxygens (including phenoxy) is 2. The molecule has 0 bridgehead atoms. The average molecular weight is 275 g/mol. The van der Waals surface area contributed by atoms with Crippen LogP contribution in [0.1, 0.15) is 49.7 Å². The minimum atomic E-state index is 0.106. The summed E-state index contributed by atoms with van der Waals surface area (Å²) >= 11 is 0. The standard InChI is InChI=1S/C17H25NO2/c1-13-5-4-6-14(12-18)16(13)20-15-7-10-19-17(11-15)8-2-3-9-17/h4-6,15H,2-3,7-12,18H2,1H3. The summed E-state index contributed by atoms with van der Waals surface area (Å²) in [5.41, 5.74) is 8.23. The summed E-state index contributed by atoms with van der Waals surface area (Å²) in [6.07, 6.45) is 7.28. The first-order valence-electron chi connectivity index (χ1n) is 7.82. The van der Waals surface area contributed by atoms with Crippen molar-refractivity contribution in [1.29, 1.82) is 0 Å². The molecule has 2 fully saturated rings. The van der Waals surface area contributed by atoms with E-state index in [4.69, 9.17) is 15.2 Å². The van der Waals surface area contributed by atoms with Crippen LogP contribution in [0.15, 0.2) is 18.2 Å². The van der Waals surface area contributed by atoms with E-state index in [-0.39, 0.29) is 11.7 Å². The Morgan fingerprint density at radius 1 is 1.35 bits per heavy atom. The van der Waals surface area contributed by atoms with Crippen LogP contribution in [0.3, 0.4) is 0 Å².